The molecule has 0 aliphatic rings. The maximum absolute atomic E-state index is 13.1. The lowest BCUT2D eigenvalue weighted by atomic mass is 10.1. The van der Waals surface area contributed by atoms with Crippen molar-refractivity contribution < 1.29 is 13.9 Å². The summed E-state index contributed by atoms with van der Waals surface area (Å²) < 4.78 is 11.3. The van der Waals surface area contributed by atoms with Gasteiger partial charge in [0, 0.05) is 15.8 Å². The first-order chi connectivity index (χ1) is 13.1. The van der Waals surface area contributed by atoms with Gasteiger partial charge in [0.15, 0.2) is 5.58 Å². The minimum absolute atomic E-state index is 0.0240. The van der Waals surface area contributed by atoms with Crippen LogP contribution in [0.4, 0.5) is 0 Å². The number of thiophene rings is 2. The molecule has 5 nitrogen and oxygen atoms in total. The van der Waals surface area contributed by atoms with Crippen molar-refractivity contribution in [1.29, 1.82) is 0 Å². The van der Waals surface area contributed by atoms with E-state index in [-0.39, 0.29) is 38.5 Å². The molecule has 5 rings (SSSR count). The van der Waals surface area contributed by atoms with Gasteiger partial charge in [0.05, 0.1) is 11.1 Å². The Bertz CT molecular complexity index is 1410. The lowest BCUT2D eigenvalue weighted by Crippen LogP contribution is -2.09. The zero-order valence-corrected chi connectivity index (χ0v) is 15.2. The van der Waals surface area contributed by atoms with Crippen molar-refractivity contribution in [2.24, 2.45) is 0 Å². The summed E-state index contributed by atoms with van der Waals surface area (Å²) in [6.07, 6.45) is 2.69. The molecule has 5 aromatic rings. The molecular weight excluding hydrogens is 384 g/mol. The summed E-state index contributed by atoms with van der Waals surface area (Å²) in [5, 5.41) is 14.2. The summed E-state index contributed by atoms with van der Waals surface area (Å²) in [6.45, 7) is 0. The molecule has 27 heavy (non-hydrogen) atoms. The third-order valence-corrected chi connectivity index (χ3v) is 6.15. The molecule has 0 saturated carbocycles. The van der Waals surface area contributed by atoms with Gasteiger partial charge >= 0.3 is 0 Å². The minimum atomic E-state index is -0.390. The van der Waals surface area contributed by atoms with Crippen molar-refractivity contribution in [2.75, 3.05) is 0 Å². The first-order valence-electron chi connectivity index (χ1n) is 7.96. The number of phenolic OH excluding ortho intramolecular Hbond substituents is 1. The van der Waals surface area contributed by atoms with Crippen LogP contribution in [0.25, 0.3) is 42.8 Å². The van der Waals surface area contributed by atoms with Gasteiger partial charge in [-0.1, -0.05) is 12.1 Å². The fourth-order valence-corrected chi connectivity index (χ4v) is 4.54. The quantitative estimate of drug-likeness (QED) is 0.423. The van der Waals surface area contributed by atoms with E-state index in [1.165, 1.54) is 41.3 Å². The Morgan fingerprint density at radius 1 is 0.815 bits per heavy atom. The SMILES string of the molecule is O=c1c(-c2cccs2)coc2c1c(O)cc1occ(-c3cccs3)c(=O)c12. The highest BCUT2D eigenvalue weighted by atomic mass is 32.1. The molecule has 0 amide bonds. The molecule has 4 aromatic heterocycles. The van der Waals surface area contributed by atoms with Crippen LogP contribution < -0.4 is 10.9 Å². The fourth-order valence-electron chi connectivity index (χ4n) is 3.09. The van der Waals surface area contributed by atoms with Crippen molar-refractivity contribution in [1.82, 2.24) is 0 Å². The minimum Gasteiger partial charge on any atom is -0.507 e. The van der Waals surface area contributed by atoms with Crippen LogP contribution in [0.1, 0.15) is 0 Å². The third kappa shape index (κ3) is 2.36. The van der Waals surface area contributed by atoms with E-state index in [1.54, 1.807) is 6.07 Å². The van der Waals surface area contributed by atoms with Crippen molar-refractivity contribution in [3.63, 3.8) is 0 Å². The average Bonchev–Trinajstić information content (AvgIpc) is 3.36. The smallest absolute Gasteiger partial charge is 0.205 e. The zero-order valence-electron chi connectivity index (χ0n) is 13.6. The van der Waals surface area contributed by atoms with Gasteiger partial charge in [-0.15, -0.1) is 22.7 Å². The van der Waals surface area contributed by atoms with E-state index in [4.69, 9.17) is 8.83 Å². The lowest BCUT2D eigenvalue weighted by Gasteiger charge is -2.07. The highest BCUT2D eigenvalue weighted by Gasteiger charge is 2.20. The van der Waals surface area contributed by atoms with Gasteiger partial charge < -0.3 is 13.9 Å². The molecule has 1 aromatic carbocycles. The normalized spacial score (nSPS) is 11.4. The van der Waals surface area contributed by atoms with Crippen molar-refractivity contribution in [3.8, 4) is 26.6 Å². The maximum atomic E-state index is 13.1. The lowest BCUT2D eigenvalue weighted by molar-refractivity contribution is 0.478. The van der Waals surface area contributed by atoms with Crippen LogP contribution in [0.2, 0.25) is 0 Å². The van der Waals surface area contributed by atoms with E-state index >= 15 is 0 Å². The second-order valence-corrected chi connectivity index (χ2v) is 7.78. The third-order valence-electron chi connectivity index (χ3n) is 4.34. The van der Waals surface area contributed by atoms with Gasteiger partial charge in [0.2, 0.25) is 10.9 Å². The first-order valence-corrected chi connectivity index (χ1v) is 9.72. The number of benzene rings is 1. The van der Waals surface area contributed by atoms with Crippen LogP contribution in [-0.2, 0) is 0 Å². The predicted octanol–water partition coefficient (Wildman–Crippen LogP) is 5.06. The Kier molecular flexibility index (Phi) is 3.53. The molecule has 0 unspecified atom stereocenters. The Labute approximate surface area is 159 Å². The summed E-state index contributed by atoms with van der Waals surface area (Å²) in [6, 6.07) is 8.56. The van der Waals surface area contributed by atoms with Gasteiger partial charge in [0.1, 0.15) is 34.6 Å². The second-order valence-electron chi connectivity index (χ2n) is 5.88. The van der Waals surface area contributed by atoms with Crippen molar-refractivity contribution in [2.45, 2.75) is 0 Å². The average molecular weight is 394 g/mol. The molecule has 0 spiro atoms. The molecule has 0 radical (unpaired) electrons. The molecule has 0 atom stereocenters. The monoisotopic (exact) mass is 394 g/mol. The van der Waals surface area contributed by atoms with Crippen LogP contribution in [0.15, 0.2) is 72.0 Å². The van der Waals surface area contributed by atoms with Crippen molar-refractivity contribution >= 4 is 44.6 Å². The molecule has 0 fully saturated rings. The Balaban J connectivity index is 1.92. The molecule has 1 N–H and O–H groups in total. The second kappa shape index (κ2) is 5.94. The van der Waals surface area contributed by atoms with Gasteiger partial charge in [0.25, 0.3) is 0 Å². The van der Waals surface area contributed by atoms with Gasteiger partial charge in [-0.3, -0.25) is 9.59 Å². The van der Waals surface area contributed by atoms with E-state index in [0.717, 1.165) is 9.75 Å². The fraction of sp³-hybridized carbons (Fsp3) is 0. The molecule has 132 valence electrons. The molecule has 0 aliphatic heterocycles. The summed E-state index contributed by atoms with van der Waals surface area (Å²) in [5.41, 5.74) is 0.218. The predicted molar refractivity (Wildman–Crippen MR) is 107 cm³/mol. The Hall–Kier alpha value is -3.16. The van der Waals surface area contributed by atoms with Crippen LogP contribution in [0.5, 0.6) is 5.75 Å². The molecular formula is C20H10O5S2. The zero-order chi connectivity index (χ0) is 18.5. The van der Waals surface area contributed by atoms with E-state index in [2.05, 4.69) is 0 Å². The van der Waals surface area contributed by atoms with E-state index in [0.29, 0.717) is 11.1 Å². The Morgan fingerprint density at radius 3 is 2.00 bits per heavy atom. The highest BCUT2D eigenvalue weighted by Crippen LogP contribution is 2.33. The summed E-state index contributed by atoms with van der Waals surface area (Å²) >= 11 is 2.80. The van der Waals surface area contributed by atoms with Crippen LogP contribution in [-0.4, -0.2) is 5.11 Å². The topological polar surface area (TPSA) is 80.7 Å². The summed E-state index contributed by atoms with van der Waals surface area (Å²) in [7, 11) is 0. The van der Waals surface area contributed by atoms with E-state index in [1.807, 2.05) is 29.0 Å². The number of phenols is 1. The number of hydrogen-bond acceptors (Lipinski definition) is 7. The number of rotatable bonds is 2. The summed E-state index contributed by atoms with van der Waals surface area (Å²) in [5.74, 6) is -0.281. The van der Waals surface area contributed by atoms with Crippen molar-refractivity contribution in [3.05, 3.63) is 74.1 Å². The number of fused-ring (bicyclic) bond motifs is 3. The molecule has 7 heteroatoms. The molecule has 0 bridgehead atoms. The molecule has 4 heterocycles. The molecule has 0 saturated heterocycles. The highest BCUT2D eigenvalue weighted by molar-refractivity contribution is 7.13. The summed E-state index contributed by atoms with van der Waals surface area (Å²) in [4.78, 5) is 27.5. The van der Waals surface area contributed by atoms with Crippen LogP contribution >= 0.6 is 22.7 Å². The van der Waals surface area contributed by atoms with E-state index < -0.39 is 0 Å². The standard InChI is InChI=1S/C20H10O5S2/c21-12-7-13-17(19(23)10(8-24-13)14-3-1-5-26-14)20-16(12)18(22)11(9-25-20)15-4-2-6-27-15/h1-9,21H. The number of aromatic hydroxyl groups is 1. The largest absolute Gasteiger partial charge is 0.507 e. The van der Waals surface area contributed by atoms with Crippen LogP contribution in [0, 0.1) is 0 Å². The number of hydrogen-bond donors (Lipinski definition) is 1. The first kappa shape index (κ1) is 16.0. The maximum Gasteiger partial charge on any atom is 0.205 e. The van der Waals surface area contributed by atoms with Crippen LogP contribution in [0.3, 0.4) is 0 Å². The van der Waals surface area contributed by atoms with Gasteiger partial charge in [-0.2, -0.15) is 0 Å². The van der Waals surface area contributed by atoms with E-state index in [9.17, 15) is 14.7 Å². The Morgan fingerprint density at radius 2 is 1.41 bits per heavy atom. The van der Waals surface area contributed by atoms with Gasteiger partial charge in [-0.05, 0) is 22.9 Å². The molecule has 0 aliphatic carbocycles. The van der Waals surface area contributed by atoms with Gasteiger partial charge in [-0.25, -0.2) is 0 Å².